The molecule has 1 unspecified atom stereocenters. The lowest BCUT2D eigenvalue weighted by Crippen LogP contribution is -2.32. The SMILES string of the molecule is CCCCCCCCCCCCCCCCOCC(CCNC(=O)CCC(=O)NCCOCCOC)OCCCCCCCCCCCCCCCC. The fourth-order valence-electron chi connectivity index (χ4n) is 6.66. The monoisotopic (exact) mass is 755 g/mol. The Balaban J connectivity index is 4.12. The second-order valence-corrected chi connectivity index (χ2v) is 15.4. The molecule has 0 aromatic carbocycles. The quantitative estimate of drug-likeness (QED) is 0.0601. The molecule has 0 bridgehead atoms. The van der Waals surface area contributed by atoms with Crippen molar-refractivity contribution < 1.29 is 28.5 Å². The number of nitrogens with one attached hydrogen (secondary N) is 2. The van der Waals surface area contributed by atoms with Crippen LogP contribution in [0.2, 0.25) is 0 Å². The molecule has 0 heterocycles. The van der Waals surface area contributed by atoms with E-state index in [2.05, 4.69) is 24.5 Å². The fraction of sp³-hybridized carbons (Fsp3) is 0.956. The molecule has 0 rings (SSSR count). The summed E-state index contributed by atoms with van der Waals surface area (Å²) < 4.78 is 22.6. The molecular formula is C45H90N2O6. The summed E-state index contributed by atoms with van der Waals surface area (Å²) in [6, 6.07) is 0. The van der Waals surface area contributed by atoms with Gasteiger partial charge in [0.25, 0.3) is 0 Å². The summed E-state index contributed by atoms with van der Waals surface area (Å²) in [5, 5.41) is 5.77. The van der Waals surface area contributed by atoms with Crippen LogP contribution < -0.4 is 10.6 Å². The van der Waals surface area contributed by atoms with Crippen molar-refractivity contribution in [2.45, 2.75) is 219 Å². The van der Waals surface area contributed by atoms with E-state index in [9.17, 15) is 9.59 Å². The Bertz CT molecular complexity index is 740. The van der Waals surface area contributed by atoms with E-state index in [0.29, 0.717) is 45.9 Å². The van der Waals surface area contributed by atoms with Crippen molar-refractivity contribution in [3.63, 3.8) is 0 Å². The average molecular weight is 755 g/mol. The van der Waals surface area contributed by atoms with Crippen LogP contribution >= 0.6 is 0 Å². The van der Waals surface area contributed by atoms with E-state index in [-0.39, 0.29) is 30.8 Å². The topological polar surface area (TPSA) is 95.1 Å². The summed E-state index contributed by atoms with van der Waals surface area (Å²) in [6.07, 6.45) is 38.8. The van der Waals surface area contributed by atoms with Crippen LogP contribution in [0.1, 0.15) is 213 Å². The van der Waals surface area contributed by atoms with Gasteiger partial charge in [0.15, 0.2) is 0 Å². The zero-order valence-corrected chi connectivity index (χ0v) is 35.6. The van der Waals surface area contributed by atoms with Gasteiger partial charge < -0.3 is 29.6 Å². The van der Waals surface area contributed by atoms with Crippen LogP contribution in [0.15, 0.2) is 0 Å². The highest BCUT2D eigenvalue weighted by Crippen LogP contribution is 2.15. The van der Waals surface area contributed by atoms with Crippen molar-refractivity contribution in [2.75, 3.05) is 59.8 Å². The van der Waals surface area contributed by atoms with Gasteiger partial charge in [-0.1, -0.05) is 181 Å². The molecule has 0 spiro atoms. The Morgan fingerprint density at radius 3 is 1.26 bits per heavy atom. The first-order valence-corrected chi connectivity index (χ1v) is 22.9. The third kappa shape index (κ3) is 43.4. The lowest BCUT2D eigenvalue weighted by Gasteiger charge is -2.19. The number of carbonyl (C=O) groups excluding carboxylic acids is 2. The van der Waals surface area contributed by atoms with Gasteiger partial charge in [0, 0.05) is 46.3 Å². The highest BCUT2D eigenvalue weighted by atomic mass is 16.5. The number of ether oxygens (including phenoxy) is 4. The number of unbranched alkanes of at least 4 members (excludes halogenated alkanes) is 26. The lowest BCUT2D eigenvalue weighted by molar-refractivity contribution is -0.126. The molecule has 0 saturated heterocycles. The van der Waals surface area contributed by atoms with Crippen molar-refractivity contribution in [3.8, 4) is 0 Å². The van der Waals surface area contributed by atoms with E-state index < -0.39 is 0 Å². The Kier molecular flexibility index (Phi) is 44.1. The molecule has 316 valence electrons. The molecule has 0 aromatic rings. The van der Waals surface area contributed by atoms with Gasteiger partial charge in [-0.05, 0) is 19.3 Å². The zero-order chi connectivity index (χ0) is 38.6. The van der Waals surface area contributed by atoms with Gasteiger partial charge in [0.1, 0.15) is 0 Å². The van der Waals surface area contributed by atoms with E-state index in [1.54, 1.807) is 7.11 Å². The second-order valence-electron chi connectivity index (χ2n) is 15.4. The maximum absolute atomic E-state index is 12.4. The first-order valence-electron chi connectivity index (χ1n) is 22.9. The van der Waals surface area contributed by atoms with Crippen molar-refractivity contribution >= 4 is 11.8 Å². The minimum atomic E-state index is -0.137. The predicted molar refractivity (Wildman–Crippen MR) is 224 cm³/mol. The van der Waals surface area contributed by atoms with E-state index >= 15 is 0 Å². The molecule has 2 amide bonds. The first-order chi connectivity index (χ1) is 26.1. The first kappa shape index (κ1) is 51.8. The van der Waals surface area contributed by atoms with Gasteiger partial charge >= 0.3 is 0 Å². The fourth-order valence-corrected chi connectivity index (χ4v) is 6.66. The minimum Gasteiger partial charge on any atom is -0.382 e. The Morgan fingerprint density at radius 1 is 0.434 bits per heavy atom. The number of carbonyl (C=O) groups is 2. The van der Waals surface area contributed by atoms with Crippen LogP contribution in [0.3, 0.4) is 0 Å². The van der Waals surface area contributed by atoms with Gasteiger partial charge in [0.2, 0.25) is 11.8 Å². The highest BCUT2D eigenvalue weighted by Gasteiger charge is 2.12. The summed E-state index contributed by atoms with van der Waals surface area (Å²) in [6.45, 7) is 9.09. The third-order valence-electron chi connectivity index (χ3n) is 10.2. The molecule has 0 aromatic heterocycles. The Morgan fingerprint density at radius 2 is 0.830 bits per heavy atom. The zero-order valence-electron chi connectivity index (χ0n) is 35.6. The van der Waals surface area contributed by atoms with Gasteiger partial charge in [-0.15, -0.1) is 0 Å². The second kappa shape index (κ2) is 45.2. The van der Waals surface area contributed by atoms with Crippen LogP contribution in [-0.2, 0) is 28.5 Å². The van der Waals surface area contributed by atoms with Crippen molar-refractivity contribution in [1.82, 2.24) is 10.6 Å². The molecule has 0 fully saturated rings. The molecule has 0 radical (unpaired) electrons. The lowest BCUT2D eigenvalue weighted by atomic mass is 10.0. The molecule has 0 aliphatic carbocycles. The van der Waals surface area contributed by atoms with Crippen molar-refractivity contribution in [3.05, 3.63) is 0 Å². The molecule has 0 saturated carbocycles. The summed E-state index contributed by atoms with van der Waals surface area (Å²) >= 11 is 0. The largest absolute Gasteiger partial charge is 0.382 e. The Labute approximate surface area is 329 Å². The number of hydrogen-bond acceptors (Lipinski definition) is 6. The van der Waals surface area contributed by atoms with Crippen LogP contribution in [0.5, 0.6) is 0 Å². The molecule has 0 aliphatic rings. The summed E-state index contributed by atoms with van der Waals surface area (Å²) in [7, 11) is 1.63. The van der Waals surface area contributed by atoms with E-state index in [0.717, 1.165) is 26.1 Å². The van der Waals surface area contributed by atoms with Gasteiger partial charge in [-0.25, -0.2) is 0 Å². The number of rotatable bonds is 45. The van der Waals surface area contributed by atoms with Gasteiger partial charge in [-0.2, -0.15) is 0 Å². The summed E-state index contributed by atoms with van der Waals surface area (Å²) in [5.74, 6) is -0.243. The Hall–Kier alpha value is -1.22. The number of hydrogen-bond donors (Lipinski definition) is 2. The van der Waals surface area contributed by atoms with Crippen LogP contribution in [0, 0.1) is 0 Å². The van der Waals surface area contributed by atoms with E-state index in [4.69, 9.17) is 18.9 Å². The van der Waals surface area contributed by atoms with Crippen LogP contribution in [-0.4, -0.2) is 77.8 Å². The predicted octanol–water partition coefficient (Wildman–Crippen LogP) is 11.4. The molecule has 53 heavy (non-hydrogen) atoms. The number of methoxy groups -OCH3 is 1. The minimum absolute atomic E-state index is 0.0228. The highest BCUT2D eigenvalue weighted by molar-refractivity contribution is 5.83. The van der Waals surface area contributed by atoms with Crippen molar-refractivity contribution in [2.24, 2.45) is 0 Å². The molecule has 8 heteroatoms. The third-order valence-corrected chi connectivity index (χ3v) is 10.2. The average Bonchev–Trinajstić information content (AvgIpc) is 3.16. The normalized spacial score (nSPS) is 12.0. The molecule has 2 N–H and O–H groups in total. The molecular weight excluding hydrogens is 665 g/mol. The molecule has 0 aliphatic heterocycles. The number of amides is 2. The molecule has 1 atom stereocenters. The maximum Gasteiger partial charge on any atom is 0.220 e. The van der Waals surface area contributed by atoms with Gasteiger partial charge in [-0.3, -0.25) is 9.59 Å². The van der Waals surface area contributed by atoms with Crippen LogP contribution in [0.25, 0.3) is 0 Å². The maximum atomic E-state index is 12.4. The van der Waals surface area contributed by atoms with E-state index in [1.807, 2.05) is 0 Å². The smallest absolute Gasteiger partial charge is 0.220 e. The standard InChI is InChI=1S/C45H90N2O6/c1-4-6-8-10-12-14-16-18-20-22-24-26-28-30-37-52-42-43(34-35-46-44(48)32-33-45(49)47-36-39-51-41-40-50-3)53-38-31-29-27-25-23-21-19-17-15-13-11-9-7-5-2/h43H,4-42H2,1-3H3,(H,46,48)(H,47,49). The van der Waals surface area contributed by atoms with E-state index in [1.165, 1.54) is 167 Å². The summed E-state index contributed by atoms with van der Waals surface area (Å²) in [4.78, 5) is 24.5. The van der Waals surface area contributed by atoms with Crippen LogP contribution in [0.4, 0.5) is 0 Å². The van der Waals surface area contributed by atoms with Gasteiger partial charge in [0.05, 0.1) is 32.5 Å². The molecule has 8 nitrogen and oxygen atoms in total. The summed E-state index contributed by atoms with van der Waals surface area (Å²) in [5.41, 5.74) is 0. The van der Waals surface area contributed by atoms with Crippen molar-refractivity contribution in [1.29, 1.82) is 0 Å².